The molecule has 0 saturated carbocycles. The van der Waals surface area contributed by atoms with E-state index in [-0.39, 0.29) is 0 Å². The summed E-state index contributed by atoms with van der Waals surface area (Å²) < 4.78 is 0. The van der Waals surface area contributed by atoms with Gasteiger partial charge in [-0.05, 0) is 35.1 Å². The molecule has 0 aromatic heterocycles. The molecule has 4 rings (SSSR count). The van der Waals surface area contributed by atoms with E-state index in [1.165, 1.54) is 5.30 Å². The van der Waals surface area contributed by atoms with Gasteiger partial charge in [0.15, 0.2) is 0 Å². The van der Waals surface area contributed by atoms with Crippen molar-refractivity contribution in [2.75, 3.05) is 6.16 Å². The second kappa shape index (κ2) is 10.4. The molecular weight excluding hydrogens is 381 g/mol. The van der Waals surface area contributed by atoms with Crippen molar-refractivity contribution in [1.29, 1.82) is 0 Å². The Morgan fingerprint density at radius 2 is 1.17 bits per heavy atom. The molecule has 0 aliphatic carbocycles. The fourth-order valence-corrected chi connectivity index (χ4v) is 4.83. The van der Waals surface area contributed by atoms with E-state index in [0.29, 0.717) is 0 Å². The molecule has 144 valence electrons. The van der Waals surface area contributed by atoms with Crippen LogP contribution in [0.1, 0.15) is 11.1 Å². The van der Waals surface area contributed by atoms with E-state index < -0.39 is 7.92 Å². The SMILES string of the molecule is C(#CP(CC(=Nc1ccccc1)c1ccccc1)c1ccccc1)c1ccccc1. The van der Waals surface area contributed by atoms with E-state index in [9.17, 15) is 0 Å². The number of para-hydroxylation sites is 1. The first-order valence-electron chi connectivity index (χ1n) is 9.96. The Hall–Kier alpha value is -3.46. The molecule has 0 aliphatic rings. The summed E-state index contributed by atoms with van der Waals surface area (Å²) in [6, 6.07) is 41.4. The molecule has 0 heterocycles. The molecule has 30 heavy (non-hydrogen) atoms. The molecule has 0 bridgehead atoms. The van der Waals surface area contributed by atoms with Crippen LogP contribution in [0.3, 0.4) is 0 Å². The Morgan fingerprint density at radius 3 is 1.80 bits per heavy atom. The highest BCUT2D eigenvalue weighted by Crippen LogP contribution is 2.35. The molecule has 4 aromatic carbocycles. The molecule has 0 N–H and O–H groups in total. The first kappa shape index (κ1) is 19.8. The predicted molar refractivity (Wildman–Crippen MR) is 130 cm³/mol. The molecule has 0 spiro atoms. The van der Waals surface area contributed by atoms with Crippen LogP contribution in [0.2, 0.25) is 0 Å². The van der Waals surface area contributed by atoms with Crippen LogP contribution in [0.25, 0.3) is 0 Å². The van der Waals surface area contributed by atoms with Gasteiger partial charge < -0.3 is 0 Å². The minimum Gasteiger partial charge on any atom is -0.252 e. The number of rotatable bonds is 5. The third-order valence-corrected chi connectivity index (χ3v) is 6.53. The Morgan fingerprint density at radius 1 is 0.633 bits per heavy atom. The van der Waals surface area contributed by atoms with Crippen LogP contribution in [0.4, 0.5) is 5.69 Å². The maximum absolute atomic E-state index is 5.01. The zero-order chi connectivity index (χ0) is 20.4. The van der Waals surface area contributed by atoms with Gasteiger partial charge in [0.1, 0.15) is 0 Å². The minimum atomic E-state index is -0.731. The van der Waals surface area contributed by atoms with Crippen LogP contribution in [0.15, 0.2) is 126 Å². The van der Waals surface area contributed by atoms with E-state index in [0.717, 1.165) is 28.7 Å². The molecule has 0 radical (unpaired) electrons. The molecule has 4 aromatic rings. The highest BCUT2D eigenvalue weighted by Gasteiger charge is 2.14. The molecule has 0 fully saturated rings. The van der Waals surface area contributed by atoms with Crippen molar-refractivity contribution < 1.29 is 0 Å². The summed E-state index contributed by atoms with van der Waals surface area (Å²) in [5.74, 6) is 3.39. The molecule has 1 unspecified atom stereocenters. The van der Waals surface area contributed by atoms with Gasteiger partial charge in [0, 0.05) is 19.6 Å². The normalized spacial score (nSPS) is 11.9. The lowest BCUT2D eigenvalue weighted by Gasteiger charge is -2.14. The van der Waals surface area contributed by atoms with Crippen LogP contribution in [0.5, 0.6) is 0 Å². The smallest absolute Gasteiger partial charge is 0.0633 e. The number of benzene rings is 4. The zero-order valence-electron chi connectivity index (χ0n) is 16.6. The van der Waals surface area contributed by atoms with E-state index in [1.54, 1.807) is 0 Å². The van der Waals surface area contributed by atoms with Crippen LogP contribution in [-0.2, 0) is 0 Å². The third-order valence-electron chi connectivity index (χ3n) is 4.61. The van der Waals surface area contributed by atoms with Gasteiger partial charge in [0.2, 0.25) is 0 Å². The quantitative estimate of drug-likeness (QED) is 0.202. The maximum Gasteiger partial charge on any atom is 0.0633 e. The van der Waals surface area contributed by atoms with Crippen molar-refractivity contribution in [1.82, 2.24) is 0 Å². The average molecular weight is 403 g/mol. The summed E-state index contributed by atoms with van der Waals surface area (Å²) >= 11 is 0. The average Bonchev–Trinajstić information content (AvgIpc) is 2.83. The van der Waals surface area contributed by atoms with Crippen LogP contribution < -0.4 is 5.30 Å². The summed E-state index contributed by atoms with van der Waals surface area (Å²) in [5, 5.41) is 1.27. The monoisotopic (exact) mass is 403 g/mol. The van der Waals surface area contributed by atoms with Crippen molar-refractivity contribution in [3.63, 3.8) is 0 Å². The van der Waals surface area contributed by atoms with E-state index >= 15 is 0 Å². The van der Waals surface area contributed by atoms with Crippen molar-refractivity contribution >= 4 is 24.6 Å². The van der Waals surface area contributed by atoms with Crippen molar-refractivity contribution in [2.24, 2.45) is 4.99 Å². The largest absolute Gasteiger partial charge is 0.252 e. The van der Waals surface area contributed by atoms with Crippen molar-refractivity contribution in [2.45, 2.75) is 0 Å². The van der Waals surface area contributed by atoms with Crippen molar-refractivity contribution in [3.8, 4) is 11.6 Å². The highest BCUT2D eigenvalue weighted by atomic mass is 31.1. The van der Waals surface area contributed by atoms with Gasteiger partial charge in [-0.15, -0.1) is 0 Å². The molecule has 1 atom stereocenters. The van der Waals surface area contributed by atoms with Gasteiger partial charge in [-0.3, -0.25) is 4.99 Å². The van der Waals surface area contributed by atoms with Gasteiger partial charge in [-0.2, -0.15) is 0 Å². The molecule has 0 amide bonds. The highest BCUT2D eigenvalue weighted by molar-refractivity contribution is 7.71. The molecular formula is C28H22NP. The maximum atomic E-state index is 5.01. The molecule has 2 heteroatoms. The Kier molecular flexibility index (Phi) is 6.85. The Labute approximate surface area is 179 Å². The number of aliphatic imine (C=N–C) groups is 1. The van der Waals surface area contributed by atoms with E-state index in [1.807, 2.05) is 54.6 Å². The molecule has 0 aliphatic heterocycles. The summed E-state index contributed by atoms with van der Waals surface area (Å²) in [7, 11) is -0.731. The summed E-state index contributed by atoms with van der Waals surface area (Å²) in [6.07, 6.45) is 0.804. The summed E-state index contributed by atoms with van der Waals surface area (Å²) in [4.78, 5) is 5.01. The Bertz CT molecular complexity index is 1140. The molecule has 1 nitrogen and oxygen atoms in total. The van der Waals surface area contributed by atoms with Gasteiger partial charge in [0.25, 0.3) is 0 Å². The fraction of sp³-hybridized carbons (Fsp3) is 0.0357. The lowest BCUT2D eigenvalue weighted by molar-refractivity contribution is 1.48. The fourth-order valence-electron chi connectivity index (χ4n) is 3.09. The number of hydrogen-bond acceptors (Lipinski definition) is 1. The van der Waals surface area contributed by atoms with Gasteiger partial charge in [0.05, 0.1) is 11.4 Å². The number of hydrogen-bond donors (Lipinski definition) is 0. The molecule has 0 saturated heterocycles. The van der Waals surface area contributed by atoms with Gasteiger partial charge in [-0.1, -0.05) is 109 Å². The van der Waals surface area contributed by atoms with Crippen LogP contribution in [-0.4, -0.2) is 11.9 Å². The van der Waals surface area contributed by atoms with E-state index in [2.05, 4.69) is 78.3 Å². The lowest BCUT2D eigenvalue weighted by Crippen LogP contribution is -2.11. The Balaban J connectivity index is 1.73. The standard InChI is InChI=1S/C28H22NP/c1-5-13-24(14-6-1)21-22-30(27-19-11-4-12-20-27)23-28(25-15-7-2-8-16-25)29-26-17-9-3-10-18-26/h1-20H,23H2. The predicted octanol–water partition coefficient (Wildman–Crippen LogP) is 6.62. The van der Waals surface area contributed by atoms with Crippen LogP contribution >= 0.6 is 7.92 Å². The lowest BCUT2D eigenvalue weighted by atomic mass is 10.1. The zero-order valence-corrected chi connectivity index (χ0v) is 17.5. The summed E-state index contributed by atoms with van der Waals surface area (Å²) in [5.41, 5.74) is 7.80. The van der Waals surface area contributed by atoms with Gasteiger partial charge in [-0.25, -0.2) is 0 Å². The first-order valence-corrected chi connectivity index (χ1v) is 11.5. The van der Waals surface area contributed by atoms with Crippen LogP contribution in [0, 0.1) is 11.6 Å². The van der Waals surface area contributed by atoms with E-state index in [4.69, 9.17) is 4.99 Å². The number of nitrogens with zero attached hydrogens (tertiary/aromatic N) is 1. The minimum absolute atomic E-state index is 0.731. The third kappa shape index (κ3) is 5.54. The first-order chi connectivity index (χ1) is 14.9. The van der Waals surface area contributed by atoms with Gasteiger partial charge >= 0.3 is 0 Å². The topological polar surface area (TPSA) is 12.4 Å². The second-order valence-electron chi connectivity index (χ2n) is 6.78. The summed E-state index contributed by atoms with van der Waals surface area (Å²) in [6.45, 7) is 0. The second-order valence-corrected chi connectivity index (χ2v) is 8.70. The van der Waals surface area contributed by atoms with Crippen molar-refractivity contribution in [3.05, 3.63) is 132 Å².